The van der Waals surface area contributed by atoms with E-state index in [1.165, 1.54) is 23.5 Å². The van der Waals surface area contributed by atoms with Gasteiger partial charge in [0.1, 0.15) is 53.0 Å². The first-order valence-electron chi connectivity index (χ1n) is 11.6. The number of nitrogens with two attached hydrogens (primary N) is 1. The maximum absolute atomic E-state index is 11.7. The highest BCUT2D eigenvalue weighted by Crippen LogP contribution is 2.37. The first-order chi connectivity index (χ1) is 16.3. The lowest BCUT2D eigenvalue weighted by Gasteiger charge is -2.37. The van der Waals surface area contributed by atoms with Crippen LogP contribution in [-0.2, 0) is 14.2 Å². The lowest BCUT2D eigenvalue weighted by Crippen LogP contribution is -2.54. The molecule has 14 heteroatoms. The number of nitrogens with one attached hydrogen (secondary N) is 1. The number of nitrogens with zero attached hydrogens (tertiary/aromatic N) is 2. The second-order valence-electron chi connectivity index (χ2n) is 9.61. The summed E-state index contributed by atoms with van der Waals surface area (Å²) in [6, 6.07) is -1.00. The molecule has 35 heavy (non-hydrogen) atoms. The van der Waals surface area contributed by atoms with E-state index in [0.717, 1.165) is 0 Å². The minimum absolute atomic E-state index is 0.238. The Morgan fingerprint density at radius 1 is 0.943 bits per heavy atom. The average molecular weight is 537 g/mol. The van der Waals surface area contributed by atoms with Gasteiger partial charge in [0.05, 0.1) is 12.2 Å². The standard InChI is InChI=1S/C13H22N2O5S.C8H14N2O3S/c1-5-6-8(16)9(17)7-10(19-6)21-11(14-7)15-12(18)20-13(2,3)4;1-2-3-5(11)6(12)4-7(13-3)14-8(9)10-4/h6-10,16-17H,5H2,1-4H3,(H,14,15,18);3-7,11-12H,2H2,1H3,(H2,9,10)/t6-,7-,8-,9-,10-;3-,4-,5-,6-,7-/m11/s1. The molecule has 0 radical (unpaired) electrons. The number of ether oxygens (including phenoxy) is 3. The van der Waals surface area contributed by atoms with E-state index in [9.17, 15) is 25.2 Å². The number of thioether (sulfide) groups is 2. The molecule has 200 valence electrons. The molecule has 0 spiro atoms. The zero-order valence-corrected chi connectivity index (χ0v) is 22.0. The molecule has 1 amide bonds. The van der Waals surface area contributed by atoms with Gasteiger partial charge in [-0.25, -0.2) is 4.79 Å². The fraction of sp³-hybridized carbons (Fsp3) is 0.857. The number of amides is 1. The normalized spacial score (nSPS) is 40.5. The Balaban J connectivity index is 0.000000211. The van der Waals surface area contributed by atoms with Crippen molar-refractivity contribution in [1.29, 1.82) is 0 Å². The van der Waals surface area contributed by atoms with E-state index in [2.05, 4.69) is 15.3 Å². The zero-order valence-electron chi connectivity index (χ0n) is 20.4. The molecule has 0 bridgehead atoms. The minimum Gasteiger partial charge on any atom is -0.444 e. The molecule has 12 nitrogen and oxygen atoms in total. The molecule has 10 atom stereocenters. The van der Waals surface area contributed by atoms with Crippen LogP contribution in [0.4, 0.5) is 4.79 Å². The van der Waals surface area contributed by atoms with Crippen LogP contribution in [0.5, 0.6) is 0 Å². The van der Waals surface area contributed by atoms with Crippen LogP contribution in [0.15, 0.2) is 9.98 Å². The monoisotopic (exact) mass is 536 g/mol. The smallest absolute Gasteiger partial charge is 0.413 e. The van der Waals surface area contributed by atoms with Gasteiger partial charge in [-0.15, -0.1) is 0 Å². The molecule has 0 aromatic carbocycles. The van der Waals surface area contributed by atoms with E-state index >= 15 is 0 Å². The zero-order chi connectivity index (χ0) is 26.1. The molecule has 4 rings (SSSR count). The Morgan fingerprint density at radius 3 is 1.91 bits per heavy atom. The number of carbonyl (C=O) groups excluding carboxylic acids is 1. The largest absolute Gasteiger partial charge is 0.444 e. The van der Waals surface area contributed by atoms with Crippen LogP contribution in [0.3, 0.4) is 0 Å². The number of aliphatic imine (C=N–C) groups is 2. The first-order valence-corrected chi connectivity index (χ1v) is 13.4. The van der Waals surface area contributed by atoms with E-state index in [1.54, 1.807) is 20.8 Å². The summed E-state index contributed by atoms with van der Waals surface area (Å²) in [6.07, 6.45) is -3.79. The Morgan fingerprint density at radius 2 is 1.43 bits per heavy atom. The van der Waals surface area contributed by atoms with E-state index < -0.39 is 59.7 Å². The highest BCUT2D eigenvalue weighted by atomic mass is 32.2. The van der Waals surface area contributed by atoms with Crippen LogP contribution < -0.4 is 11.1 Å². The topological polar surface area (TPSA) is 188 Å². The summed E-state index contributed by atoms with van der Waals surface area (Å²) < 4.78 is 16.4. The molecule has 0 unspecified atom stereocenters. The quantitative estimate of drug-likeness (QED) is 0.281. The fourth-order valence-corrected chi connectivity index (χ4v) is 6.09. The summed E-state index contributed by atoms with van der Waals surface area (Å²) >= 11 is 2.53. The van der Waals surface area contributed by atoms with E-state index in [0.29, 0.717) is 23.2 Å². The Bertz CT molecular complexity index is 826. The van der Waals surface area contributed by atoms with Crippen LogP contribution >= 0.6 is 23.5 Å². The van der Waals surface area contributed by atoms with Crippen molar-refractivity contribution in [2.24, 2.45) is 15.7 Å². The molecule has 0 aromatic rings. The molecule has 0 aromatic heterocycles. The maximum Gasteiger partial charge on any atom is 0.413 e. The predicted molar refractivity (Wildman–Crippen MR) is 133 cm³/mol. The van der Waals surface area contributed by atoms with Crippen molar-refractivity contribution in [3.05, 3.63) is 0 Å². The number of aliphatic hydroxyl groups excluding tert-OH is 4. The van der Waals surface area contributed by atoms with Gasteiger partial charge in [0.2, 0.25) is 0 Å². The Kier molecular flexibility index (Phi) is 9.35. The van der Waals surface area contributed by atoms with Gasteiger partial charge in [0.15, 0.2) is 10.3 Å². The summed E-state index contributed by atoms with van der Waals surface area (Å²) in [5, 5.41) is 42.8. The Hall–Kier alpha value is -1.13. The van der Waals surface area contributed by atoms with Gasteiger partial charge in [-0.05, 0) is 33.6 Å². The van der Waals surface area contributed by atoms with Crippen LogP contribution in [0.25, 0.3) is 0 Å². The lowest BCUT2D eigenvalue weighted by molar-refractivity contribution is -0.153. The van der Waals surface area contributed by atoms with Crippen molar-refractivity contribution in [3.8, 4) is 0 Å². The van der Waals surface area contributed by atoms with Crippen molar-refractivity contribution < 1.29 is 39.4 Å². The van der Waals surface area contributed by atoms with Crippen LogP contribution in [0, 0.1) is 0 Å². The molecule has 0 aliphatic carbocycles. The van der Waals surface area contributed by atoms with Gasteiger partial charge in [-0.1, -0.05) is 37.4 Å². The number of hydrogen-bond acceptors (Lipinski definition) is 13. The molecule has 7 N–H and O–H groups in total. The summed E-state index contributed by atoms with van der Waals surface area (Å²) in [7, 11) is 0. The second-order valence-corrected chi connectivity index (χ2v) is 11.8. The third-order valence-electron chi connectivity index (χ3n) is 5.76. The molecule has 0 saturated carbocycles. The highest BCUT2D eigenvalue weighted by molar-refractivity contribution is 8.14. The Labute approximate surface area is 213 Å². The molecule has 4 aliphatic rings. The predicted octanol–water partition coefficient (Wildman–Crippen LogP) is 0.112. The van der Waals surface area contributed by atoms with Crippen LogP contribution in [-0.4, -0.2) is 102 Å². The number of carbonyl (C=O) groups is 1. The molecule has 4 aliphatic heterocycles. The molecular formula is C21H36N4O8S2. The molecule has 2 fully saturated rings. The maximum atomic E-state index is 11.7. The number of alkyl carbamates (subject to hydrolysis) is 1. The van der Waals surface area contributed by atoms with E-state index in [1.807, 2.05) is 13.8 Å². The third-order valence-corrected chi connectivity index (χ3v) is 7.78. The van der Waals surface area contributed by atoms with E-state index in [4.69, 9.17) is 19.9 Å². The fourth-order valence-electron chi connectivity index (χ4n) is 4.00. The minimum atomic E-state index is -1.00. The SMILES string of the molecule is CC[C@H]1O[C@@H]2SC(N)=N[C@@H]2[C@@H](O)[C@@H]1O.CC[C@H]1O[C@@H]2SC(NC(=O)OC(C)(C)C)=N[C@@H]2[C@@H](O)[C@@H]1O. The second kappa shape index (κ2) is 11.5. The van der Waals surface area contributed by atoms with Gasteiger partial charge in [-0.2, -0.15) is 0 Å². The van der Waals surface area contributed by atoms with Crippen molar-refractivity contribution >= 4 is 40.0 Å². The van der Waals surface area contributed by atoms with Crippen molar-refractivity contribution in [2.75, 3.05) is 0 Å². The average Bonchev–Trinajstić information content (AvgIpc) is 3.34. The van der Waals surface area contributed by atoms with Crippen molar-refractivity contribution in [2.45, 2.75) is 113 Å². The summed E-state index contributed by atoms with van der Waals surface area (Å²) in [5.74, 6) is 0. The van der Waals surface area contributed by atoms with Gasteiger partial charge in [0, 0.05) is 0 Å². The van der Waals surface area contributed by atoms with Crippen LogP contribution in [0.2, 0.25) is 0 Å². The summed E-state index contributed by atoms with van der Waals surface area (Å²) in [6.45, 7) is 9.09. The molecule has 2 saturated heterocycles. The van der Waals surface area contributed by atoms with Gasteiger partial charge in [0.25, 0.3) is 0 Å². The van der Waals surface area contributed by atoms with Gasteiger partial charge in [-0.3, -0.25) is 15.3 Å². The number of aliphatic hydroxyl groups is 4. The summed E-state index contributed by atoms with van der Waals surface area (Å²) in [5.41, 5.74) is 4.29. The van der Waals surface area contributed by atoms with Crippen molar-refractivity contribution in [1.82, 2.24) is 5.32 Å². The molecular weight excluding hydrogens is 500 g/mol. The number of amidine groups is 2. The first kappa shape index (κ1) is 28.4. The number of fused-ring (bicyclic) bond motifs is 2. The third kappa shape index (κ3) is 6.80. The lowest BCUT2D eigenvalue weighted by atomic mass is 9.97. The van der Waals surface area contributed by atoms with Crippen LogP contribution in [0.1, 0.15) is 47.5 Å². The number of rotatable bonds is 2. The van der Waals surface area contributed by atoms with Gasteiger partial charge >= 0.3 is 6.09 Å². The van der Waals surface area contributed by atoms with E-state index in [-0.39, 0.29) is 11.5 Å². The number of hydrogen-bond donors (Lipinski definition) is 6. The molecule has 4 heterocycles. The highest BCUT2D eigenvalue weighted by Gasteiger charge is 2.48. The van der Waals surface area contributed by atoms with Crippen molar-refractivity contribution in [3.63, 3.8) is 0 Å². The van der Waals surface area contributed by atoms with Gasteiger partial charge < -0.3 is 40.4 Å². The summed E-state index contributed by atoms with van der Waals surface area (Å²) in [4.78, 5) is 20.0.